The molecule has 2 N–H and O–H groups in total. The van der Waals surface area contributed by atoms with Gasteiger partial charge in [0.15, 0.2) is 0 Å². The van der Waals surface area contributed by atoms with Crippen LogP contribution in [0.25, 0.3) is 10.9 Å². The monoisotopic (exact) mass is 270 g/mol. The molecule has 0 saturated carbocycles. The highest BCUT2D eigenvalue weighted by Gasteiger charge is 2.04. The van der Waals surface area contributed by atoms with Gasteiger partial charge in [0, 0.05) is 35.1 Å². The second-order valence-corrected chi connectivity index (χ2v) is 5.68. The van der Waals surface area contributed by atoms with Gasteiger partial charge >= 0.3 is 0 Å². The molecule has 0 aliphatic heterocycles. The number of aromatic nitrogens is 1. The summed E-state index contributed by atoms with van der Waals surface area (Å²) in [7, 11) is 0. The number of hydrogen-bond acceptors (Lipinski definition) is 2. The first-order valence-corrected chi connectivity index (χ1v) is 7.57. The largest absolute Gasteiger partial charge is 0.361 e. The van der Waals surface area contributed by atoms with Gasteiger partial charge < -0.3 is 10.3 Å². The summed E-state index contributed by atoms with van der Waals surface area (Å²) < 4.78 is 0. The number of thiophene rings is 1. The lowest BCUT2D eigenvalue weighted by atomic mass is 10.1. The fourth-order valence-electron chi connectivity index (χ4n) is 2.45. The summed E-state index contributed by atoms with van der Waals surface area (Å²) in [6.45, 7) is 4.09. The minimum atomic E-state index is 0.913. The number of H-pyrrole nitrogens is 1. The van der Waals surface area contributed by atoms with Gasteiger partial charge in [-0.1, -0.05) is 19.1 Å². The van der Waals surface area contributed by atoms with Gasteiger partial charge in [0.1, 0.15) is 0 Å². The third-order valence-electron chi connectivity index (χ3n) is 3.50. The standard InChI is InChI=1S/C16H18N2S/c1-2-12-7-9-19-16(12)11-17-10-13-4-3-5-15-14(13)6-8-18-15/h3-9,17-18H,2,10-11H2,1H3. The van der Waals surface area contributed by atoms with Crippen LogP contribution in [0.3, 0.4) is 0 Å². The second-order valence-electron chi connectivity index (χ2n) is 4.68. The molecule has 0 atom stereocenters. The lowest BCUT2D eigenvalue weighted by Crippen LogP contribution is -2.12. The Kier molecular flexibility index (Phi) is 3.67. The molecular weight excluding hydrogens is 252 g/mol. The topological polar surface area (TPSA) is 27.8 Å². The van der Waals surface area contributed by atoms with Gasteiger partial charge in [0.25, 0.3) is 0 Å². The summed E-state index contributed by atoms with van der Waals surface area (Å²) in [4.78, 5) is 4.72. The Balaban J connectivity index is 1.68. The molecule has 2 heterocycles. The molecule has 0 amide bonds. The van der Waals surface area contributed by atoms with Gasteiger partial charge in [-0.15, -0.1) is 11.3 Å². The van der Waals surface area contributed by atoms with E-state index in [0.717, 1.165) is 19.5 Å². The van der Waals surface area contributed by atoms with Gasteiger partial charge in [-0.05, 0) is 41.1 Å². The molecule has 0 saturated heterocycles. The third kappa shape index (κ3) is 2.57. The summed E-state index contributed by atoms with van der Waals surface area (Å²) in [5.41, 5.74) is 4.04. The summed E-state index contributed by atoms with van der Waals surface area (Å²) in [5.74, 6) is 0. The Bertz CT molecular complexity index is 666. The maximum absolute atomic E-state index is 3.56. The van der Waals surface area contributed by atoms with E-state index in [1.165, 1.54) is 26.9 Å². The molecule has 98 valence electrons. The van der Waals surface area contributed by atoms with Gasteiger partial charge in [-0.3, -0.25) is 0 Å². The van der Waals surface area contributed by atoms with E-state index in [4.69, 9.17) is 0 Å². The van der Waals surface area contributed by atoms with Crippen molar-refractivity contribution in [1.82, 2.24) is 10.3 Å². The Morgan fingerprint density at radius 3 is 2.95 bits per heavy atom. The van der Waals surface area contributed by atoms with Crippen molar-refractivity contribution in [1.29, 1.82) is 0 Å². The normalized spacial score (nSPS) is 11.2. The van der Waals surface area contributed by atoms with Gasteiger partial charge in [0.2, 0.25) is 0 Å². The Labute approximate surface area is 117 Å². The zero-order valence-electron chi connectivity index (χ0n) is 11.1. The molecular formula is C16H18N2S. The van der Waals surface area contributed by atoms with Crippen molar-refractivity contribution < 1.29 is 0 Å². The van der Waals surface area contributed by atoms with Crippen molar-refractivity contribution in [2.24, 2.45) is 0 Å². The minimum absolute atomic E-state index is 0.913. The minimum Gasteiger partial charge on any atom is -0.361 e. The van der Waals surface area contributed by atoms with Crippen LogP contribution in [0.15, 0.2) is 41.9 Å². The molecule has 0 spiro atoms. The number of nitrogens with one attached hydrogen (secondary N) is 2. The smallest absolute Gasteiger partial charge is 0.0457 e. The van der Waals surface area contributed by atoms with Crippen molar-refractivity contribution in [3.05, 3.63) is 57.9 Å². The summed E-state index contributed by atoms with van der Waals surface area (Å²) in [6, 6.07) is 10.8. The Morgan fingerprint density at radius 2 is 2.05 bits per heavy atom. The Hall–Kier alpha value is -1.58. The number of aromatic amines is 1. The van der Waals surface area contributed by atoms with E-state index >= 15 is 0 Å². The predicted molar refractivity (Wildman–Crippen MR) is 82.5 cm³/mol. The molecule has 0 bridgehead atoms. The highest BCUT2D eigenvalue weighted by atomic mass is 32.1. The first-order valence-electron chi connectivity index (χ1n) is 6.69. The fourth-order valence-corrected chi connectivity index (χ4v) is 3.40. The average Bonchev–Trinajstić information content (AvgIpc) is 3.07. The van der Waals surface area contributed by atoms with E-state index in [2.05, 4.69) is 52.9 Å². The number of fused-ring (bicyclic) bond motifs is 1. The molecule has 2 nitrogen and oxygen atoms in total. The molecule has 3 aromatic rings. The maximum atomic E-state index is 3.56. The van der Waals surface area contributed by atoms with Crippen LogP contribution in [0, 0.1) is 0 Å². The molecule has 0 unspecified atom stereocenters. The highest BCUT2D eigenvalue weighted by Crippen LogP contribution is 2.19. The van der Waals surface area contributed by atoms with Gasteiger partial charge in [-0.2, -0.15) is 0 Å². The van der Waals surface area contributed by atoms with E-state index in [-0.39, 0.29) is 0 Å². The molecule has 19 heavy (non-hydrogen) atoms. The van der Waals surface area contributed by atoms with E-state index in [1.807, 2.05) is 17.5 Å². The van der Waals surface area contributed by atoms with Crippen molar-refractivity contribution in [3.8, 4) is 0 Å². The van der Waals surface area contributed by atoms with Crippen LogP contribution in [-0.4, -0.2) is 4.98 Å². The molecule has 1 aromatic carbocycles. The van der Waals surface area contributed by atoms with Crippen LogP contribution in [0.2, 0.25) is 0 Å². The second kappa shape index (κ2) is 5.59. The number of aryl methyl sites for hydroxylation is 1. The number of hydrogen-bond donors (Lipinski definition) is 2. The van der Waals surface area contributed by atoms with Gasteiger partial charge in [0.05, 0.1) is 0 Å². The van der Waals surface area contributed by atoms with E-state index in [0.29, 0.717) is 0 Å². The molecule has 3 rings (SSSR count). The van der Waals surface area contributed by atoms with E-state index in [9.17, 15) is 0 Å². The van der Waals surface area contributed by atoms with Crippen molar-refractivity contribution in [3.63, 3.8) is 0 Å². The first kappa shape index (κ1) is 12.5. The number of benzene rings is 1. The van der Waals surface area contributed by atoms with E-state index in [1.54, 1.807) is 0 Å². The number of rotatable bonds is 5. The summed E-state index contributed by atoms with van der Waals surface area (Å²) in [5, 5.41) is 7.06. The van der Waals surface area contributed by atoms with Crippen molar-refractivity contribution in [2.45, 2.75) is 26.4 Å². The molecule has 0 aliphatic rings. The van der Waals surface area contributed by atoms with Crippen LogP contribution >= 0.6 is 11.3 Å². The van der Waals surface area contributed by atoms with E-state index < -0.39 is 0 Å². The Morgan fingerprint density at radius 1 is 1.11 bits per heavy atom. The molecule has 3 heteroatoms. The summed E-state index contributed by atoms with van der Waals surface area (Å²) in [6.07, 6.45) is 3.12. The zero-order valence-corrected chi connectivity index (χ0v) is 11.9. The van der Waals surface area contributed by atoms with Gasteiger partial charge in [-0.25, -0.2) is 0 Å². The third-order valence-corrected chi connectivity index (χ3v) is 4.47. The van der Waals surface area contributed by atoms with Crippen LogP contribution in [0.5, 0.6) is 0 Å². The fraction of sp³-hybridized carbons (Fsp3) is 0.250. The summed E-state index contributed by atoms with van der Waals surface area (Å²) >= 11 is 1.85. The molecule has 0 fully saturated rings. The predicted octanol–water partition coefficient (Wildman–Crippen LogP) is 4.08. The maximum Gasteiger partial charge on any atom is 0.0457 e. The SMILES string of the molecule is CCc1ccsc1CNCc1cccc2[nH]ccc12. The van der Waals surface area contributed by atoms with Crippen molar-refractivity contribution >= 4 is 22.2 Å². The molecule has 0 radical (unpaired) electrons. The molecule has 0 aliphatic carbocycles. The first-order chi connectivity index (χ1) is 9.38. The average molecular weight is 270 g/mol. The lowest BCUT2D eigenvalue weighted by Gasteiger charge is -2.06. The van der Waals surface area contributed by atoms with Crippen LogP contribution in [-0.2, 0) is 19.5 Å². The van der Waals surface area contributed by atoms with Crippen LogP contribution in [0.4, 0.5) is 0 Å². The molecule has 2 aromatic heterocycles. The van der Waals surface area contributed by atoms with Crippen molar-refractivity contribution in [2.75, 3.05) is 0 Å². The van der Waals surface area contributed by atoms with Crippen LogP contribution in [0.1, 0.15) is 22.9 Å². The van der Waals surface area contributed by atoms with Crippen LogP contribution < -0.4 is 5.32 Å². The quantitative estimate of drug-likeness (QED) is 0.718. The lowest BCUT2D eigenvalue weighted by molar-refractivity contribution is 0.700. The highest BCUT2D eigenvalue weighted by molar-refractivity contribution is 7.10. The zero-order chi connectivity index (χ0) is 13.1.